The highest BCUT2D eigenvalue weighted by atomic mass is 32.2. The van der Waals surface area contributed by atoms with Gasteiger partial charge in [-0.1, -0.05) is 27.7 Å². The van der Waals surface area contributed by atoms with Crippen molar-refractivity contribution in [3.05, 3.63) is 0 Å². The molecular weight excluding hydrogens is 224 g/mol. The molecule has 0 aliphatic heterocycles. The van der Waals surface area contributed by atoms with E-state index in [-0.39, 0.29) is 11.2 Å². The average molecular weight is 250 g/mol. The van der Waals surface area contributed by atoms with Crippen molar-refractivity contribution in [2.45, 2.75) is 34.1 Å². The first-order valence-electron chi connectivity index (χ1n) is 5.75. The van der Waals surface area contributed by atoms with E-state index in [2.05, 4.69) is 0 Å². The molecule has 5 heteroatoms. The highest BCUT2D eigenvalue weighted by Gasteiger charge is 2.25. The van der Waals surface area contributed by atoms with Gasteiger partial charge < -0.3 is 5.73 Å². The van der Waals surface area contributed by atoms with Crippen LogP contribution in [0.25, 0.3) is 0 Å². The highest BCUT2D eigenvalue weighted by molar-refractivity contribution is 7.89. The molecule has 2 N–H and O–H groups in total. The molecule has 0 atom stereocenters. The molecule has 0 aromatic heterocycles. The minimum Gasteiger partial charge on any atom is -0.330 e. The number of rotatable bonds is 7. The Morgan fingerprint density at radius 2 is 1.81 bits per heavy atom. The standard InChI is InChI=1S/C11H26N2O2S/c1-10(2)6-7-16(14,15)13(5)9-11(3,4)8-12/h10H,6-9,12H2,1-5H3. The molecule has 0 fully saturated rings. The lowest BCUT2D eigenvalue weighted by Gasteiger charge is -2.28. The predicted octanol–water partition coefficient (Wildman–Crippen LogP) is 1.28. The van der Waals surface area contributed by atoms with Crippen LogP contribution in [0.5, 0.6) is 0 Å². The maximum Gasteiger partial charge on any atom is 0.213 e. The highest BCUT2D eigenvalue weighted by Crippen LogP contribution is 2.17. The predicted molar refractivity (Wildman–Crippen MR) is 68.7 cm³/mol. The van der Waals surface area contributed by atoms with E-state index in [1.165, 1.54) is 4.31 Å². The molecule has 0 saturated carbocycles. The van der Waals surface area contributed by atoms with Crippen molar-refractivity contribution in [2.75, 3.05) is 25.9 Å². The topological polar surface area (TPSA) is 63.4 Å². The number of hydrogen-bond acceptors (Lipinski definition) is 3. The first-order valence-corrected chi connectivity index (χ1v) is 7.36. The second-order valence-electron chi connectivity index (χ2n) is 5.62. The Balaban J connectivity index is 4.42. The molecule has 98 valence electrons. The molecule has 0 bridgehead atoms. The Bertz CT molecular complexity index is 297. The quantitative estimate of drug-likeness (QED) is 0.740. The van der Waals surface area contributed by atoms with Crippen molar-refractivity contribution in [3.63, 3.8) is 0 Å². The molecule has 0 aromatic rings. The van der Waals surface area contributed by atoms with Crippen molar-refractivity contribution in [1.82, 2.24) is 4.31 Å². The van der Waals surface area contributed by atoms with Gasteiger partial charge in [0.25, 0.3) is 0 Å². The maximum atomic E-state index is 11.9. The number of hydrogen-bond donors (Lipinski definition) is 1. The van der Waals surface area contributed by atoms with E-state index in [4.69, 9.17) is 5.73 Å². The van der Waals surface area contributed by atoms with Gasteiger partial charge in [-0.3, -0.25) is 0 Å². The Morgan fingerprint density at radius 3 is 2.19 bits per heavy atom. The lowest BCUT2D eigenvalue weighted by molar-refractivity contribution is 0.291. The molecule has 0 aliphatic rings. The summed E-state index contributed by atoms with van der Waals surface area (Å²) in [6.45, 7) is 8.96. The normalized spacial score (nSPS) is 13.8. The minimum absolute atomic E-state index is 0.167. The van der Waals surface area contributed by atoms with E-state index >= 15 is 0 Å². The summed E-state index contributed by atoms with van der Waals surface area (Å²) in [4.78, 5) is 0. The van der Waals surface area contributed by atoms with Crippen LogP contribution in [-0.2, 0) is 10.0 Å². The number of nitrogens with zero attached hydrogens (tertiary/aromatic N) is 1. The van der Waals surface area contributed by atoms with Gasteiger partial charge in [-0.05, 0) is 24.3 Å². The zero-order valence-electron chi connectivity index (χ0n) is 11.2. The summed E-state index contributed by atoms with van der Waals surface area (Å²) in [6.07, 6.45) is 0.704. The van der Waals surface area contributed by atoms with E-state index in [9.17, 15) is 8.42 Å². The molecule has 0 aromatic carbocycles. The van der Waals surface area contributed by atoms with Gasteiger partial charge in [-0.2, -0.15) is 0 Å². The van der Waals surface area contributed by atoms with Crippen LogP contribution in [-0.4, -0.2) is 38.6 Å². The molecular formula is C11H26N2O2S. The van der Waals surface area contributed by atoms with E-state index in [0.717, 1.165) is 0 Å². The van der Waals surface area contributed by atoms with E-state index in [1.807, 2.05) is 27.7 Å². The first-order chi connectivity index (χ1) is 7.10. The van der Waals surface area contributed by atoms with Gasteiger partial charge in [0, 0.05) is 13.6 Å². The summed E-state index contributed by atoms with van der Waals surface area (Å²) >= 11 is 0. The van der Waals surface area contributed by atoms with Crippen LogP contribution < -0.4 is 5.73 Å². The largest absolute Gasteiger partial charge is 0.330 e. The second kappa shape index (κ2) is 5.98. The van der Waals surface area contributed by atoms with Crippen LogP contribution in [0.3, 0.4) is 0 Å². The van der Waals surface area contributed by atoms with Crippen LogP contribution in [0.1, 0.15) is 34.1 Å². The van der Waals surface area contributed by atoms with Gasteiger partial charge >= 0.3 is 0 Å². The van der Waals surface area contributed by atoms with Gasteiger partial charge in [0.2, 0.25) is 10.0 Å². The van der Waals surface area contributed by atoms with Crippen molar-refractivity contribution < 1.29 is 8.42 Å². The van der Waals surface area contributed by atoms with Gasteiger partial charge in [0.1, 0.15) is 0 Å². The van der Waals surface area contributed by atoms with Crippen molar-refractivity contribution in [3.8, 4) is 0 Å². The fourth-order valence-electron chi connectivity index (χ4n) is 1.31. The number of nitrogens with two attached hydrogens (primary N) is 1. The molecule has 16 heavy (non-hydrogen) atoms. The van der Waals surface area contributed by atoms with Gasteiger partial charge in [-0.25, -0.2) is 12.7 Å². The molecule has 0 saturated heterocycles. The second-order valence-corrected chi connectivity index (χ2v) is 7.82. The summed E-state index contributed by atoms with van der Waals surface area (Å²) in [5.41, 5.74) is 5.43. The summed E-state index contributed by atoms with van der Waals surface area (Å²) in [6, 6.07) is 0. The molecule has 0 unspecified atom stereocenters. The Labute approximate surface area is 100 Å². The fourth-order valence-corrected chi connectivity index (χ4v) is 2.93. The molecule has 0 heterocycles. The third kappa shape index (κ3) is 5.82. The van der Waals surface area contributed by atoms with Gasteiger partial charge in [-0.15, -0.1) is 0 Å². The van der Waals surface area contributed by atoms with Crippen molar-refractivity contribution in [2.24, 2.45) is 17.1 Å². The van der Waals surface area contributed by atoms with Crippen LogP contribution in [0, 0.1) is 11.3 Å². The third-order valence-electron chi connectivity index (χ3n) is 2.63. The summed E-state index contributed by atoms with van der Waals surface area (Å²) in [7, 11) is -1.49. The molecule has 0 rings (SSSR count). The average Bonchev–Trinajstić information content (AvgIpc) is 2.14. The molecule has 0 amide bonds. The Kier molecular flexibility index (Phi) is 5.93. The summed E-state index contributed by atoms with van der Waals surface area (Å²) < 4.78 is 25.3. The molecule has 0 spiro atoms. The van der Waals surface area contributed by atoms with E-state index in [1.54, 1.807) is 7.05 Å². The van der Waals surface area contributed by atoms with Crippen LogP contribution in [0.2, 0.25) is 0 Å². The zero-order chi connectivity index (χ0) is 13.0. The van der Waals surface area contributed by atoms with E-state index < -0.39 is 10.0 Å². The summed E-state index contributed by atoms with van der Waals surface area (Å²) in [5.74, 6) is 0.632. The van der Waals surface area contributed by atoms with Crippen LogP contribution >= 0.6 is 0 Å². The monoisotopic (exact) mass is 250 g/mol. The Hall–Kier alpha value is -0.130. The first kappa shape index (κ1) is 15.9. The third-order valence-corrected chi connectivity index (χ3v) is 4.46. The lowest BCUT2D eigenvalue weighted by Crippen LogP contribution is -2.40. The molecule has 0 radical (unpaired) electrons. The van der Waals surface area contributed by atoms with E-state index in [0.29, 0.717) is 25.4 Å². The van der Waals surface area contributed by atoms with Crippen LogP contribution in [0.4, 0.5) is 0 Å². The smallest absolute Gasteiger partial charge is 0.213 e. The number of sulfonamides is 1. The van der Waals surface area contributed by atoms with Crippen molar-refractivity contribution >= 4 is 10.0 Å². The van der Waals surface area contributed by atoms with Crippen LogP contribution in [0.15, 0.2) is 0 Å². The fraction of sp³-hybridized carbons (Fsp3) is 1.00. The van der Waals surface area contributed by atoms with Gasteiger partial charge in [0.15, 0.2) is 0 Å². The van der Waals surface area contributed by atoms with Crippen molar-refractivity contribution in [1.29, 1.82) is 0 Å². The molecule has 4 nitrogen and oxygen atoms in total. The summed E-state index contributed by atoms with van der Waals surface area (Å²) in [5, 5.41) is 0. The Morgan fingerprint density at radius 1 is 1.31 bits per heavy atom. The zero-order valence-corrected chi connectivity index (χ0v) is 12.0. The maximum absolute atomic E-state index is 11.9. The SMILES string of the molecule is CC(C)CCS(=O)(=O)N(C)CC(C)(C)CN. The minimum atomic E-state index is -3.12. The van der Waals surface area contributed by atoms with Gasteiger partial charge in [0.05, 0.1) is 5.75 Å². The lowest BCUT2D eigenvalue weighted by atomic mass is 9.94. The molecule has 0 aliphatic carbocycles.